The van der Waals surface area contributed by atoms with Gasteiger partial charge in [0.1, 0.15) is 39.3 Å². The Bertz CT molecular complexity index is 3720. The first-order valence-corrected chi connectivity index (χ1v) is 25.7. The summed E-state index contributed by atoms with van der Waals surface area (Å²) in [6, 6.07) is 45.3. The average Bonchev–Trinajstić information content (AvgIpc) is 3.47. The summed E-state index contributed by atoms with van der Waals surface area (Å²) in [6.07, 6.45) is 3.78. The second-order valence-electron chi connectivity index (χ2n) is 19.5. The van der Waals surface area contributed by atoms with Crippen LogP contribution in [0.2, 0.25) is 0 Å². The molecule has 6 aromatic carbocycles. The fourth-order valence-electron chi connectivity index (χ4n) is 10.6. The molecule has 0 bridgehead atoms. The number of ether oxygens (including phenoxy) is 4. The summed E-state index contributed by atoms with van der Waals surface area (Å²) in [6.45, 7) is 2.16. The van der Waals surface area contributed by atoms with E-state index in [1.165, 1.54) is 6.07 Å². The largest absolute Gasteiger partial charge is 0.870 e. The van der Waals surface area contributed by atoms with Gasteiger partial charge < -0.3 is 39.8 Å². The number of benzene rings is 6. The van der Waals surface area contributed by atoms with Crippen molar-refractivity contribution < 1.29 is 38.7 Å². The highest BCUT2D eigenvalue weighted by Crippen LogP contribution is 2.42. The number of Topliss-reactive ketones (excluding diaryl/α,β-unsaturated/α-hetero) is 2. The number of carbonyl (C=O) groups excluding carboxylic acids is 2. The van der Waals surface area contributed by atoms with Crippen LogP contribution in [0.15, 0.2) is 146 Å². The van der Waals surface area contributed by atoms with Gasteiger partial charge in [-0.1, -0.05) is 84.6 Å². The summed E-state index contributed by atoms with van der Waals surface area (Å²) in [7, 11) is 0. The first kappa shape index (κ1) is 46.8. The van der Waals surface area contributed by atoms with E-state index in [0.29, 0.717) is 65.7 Å². The van der Waals surface area contributed by atoms with Crippen molar-refractivity contribution in [3.63, 3.8) is 0 Å². The van der Waals surface area contributed by atoms with Gasteiger partial charge in [-0.25, -0.2) is 19.9 Å². The maximum Gasteiger partial charge on any atom is 0.187 e. The number of aryl methyl sites for hydroxylation is 4. The lowest BCUT2D eigenvalue weighted by molar-refractivity contribution is -0.269. The van der Waals surface area contributed by atoms with Gasteiger partial charge in [0.25, 0.3) is 0 Å². The Balaban J connectivity index is 0.000000146. The van der Waals surface area contributed by atoms with Gasteiger partial charge in [0.2, 0.25) is 0 Å². The van der Waals surface area contributed by atoms with Gasteiger partial charge in [-0.3, -0.25) is 9.59 Å². The second kappa shape index (κ2) is 19.7. The fourth-order valence-corrected chi connectivity index (χ4v) is 10.6. The lowest BCUT2D eigenvalue weighted by Gasteiger charge is -2.25. The Morgan fingerprint density at radius 1 is 0.434 bits per heavy atom. The number of rotatable bonds is 8. The van der Waals surface area contributed by atoms with Crippen molar-refractivity contribution in [2.24, 2.45) is 0 Å². The number of aromatic nitrogens is 4. The third-order valence-electron chi connectivity index (χ3n) is 14.5. The van der Waals surface area contributed by atoms with Gasteiger partial charge in [0, 0.05) is 34.4 Å². The highest BCUT2D eigenvalue weighted by molar-refractivity contribution is 5.95. The molecule has 2 fully saturated rings. The van der Waals surface area contributed by atoms with E-state index < -0.39 is 12.2 Å². The molecule has 376 valence electrons. The Morgan fingerprint density at radius 3 is 1.20 bits per heavy atom. The summed E-state index contributed by atoms with van der Waals surface area (Å²) in [5.74, 6) is 2.93. The lowest BCUT2D eigenvalue weighted by Crippen LogP contribution is -2.43. The van der Waals surface area contributed by atoms with E-state index in [2.05, 4.69) is 34.9 Å². The SMILES string of the molecule is O=C1CNCCC1Oc1cccc2cc3c(nc12)-c1nc2c(OC4CCNCC4=O)cccc2cc1CC3.[O-]c1ccccc1Oc1cccc2cc3c(nc12)-c1nc2c(Oc4ccccc4O)cccc2cc1CC3. The predicted octanol–water partition coefficient (Wildman–Crippen LogP) is 10.1. The number of pyridine rings is 4. The summed E-state index contributed by atoms with van der Waals surface area (Å²) >= 11 is 0. The fraction of sp³-hybridized carbons (Fsp3) is 0.194. The van der Waals surface area contributed by atoms with Crippen LogP contribution in [-0.4, -0.2) is 75.0 Å². The van der Waals surface area contributed by atoms with E-state index in [4.69, 9.17) is 38.9 Å². The van der Waals surface area contributed by atoms with Crippen molar-refractivity contribution in [1.29, 1.82) is 0 Å². The number of para-hydroxylation sites is 8. The van der Waals surface area contributed by atoms with Crippen LogP contribution < -0.4 is 34.7 Å². The van der Waals surface area contributed by atoms with Gasteiger partial charge in [-0.05, 0) is 128 Å². The van der Waals surface area contributed by atoms with Crippen LogP contribution >= 0.6 is 0 Å². The average molecular weight is 1010 g/mol. The predicted molar refractivity (Wildman–Crippen MR) is 288 cm³/mol. The number of nitrogens with one attached hydrogen (secondary N) is 2. The third-order valence-corrected chi connectivity index (χ3v) is 14.5. The third kappa shape index (κ3) is 8.90. The molecule has 2 atom stereocenters. The summed E-state index contributed by atoms with van der Waals surface area (Å²) in [5.41, 5.74) is 10.6. The highest BCUT2D eigenvalue weighted by atomic mass is 16.5. The van der Waals surface area contributed by atoms with Gasteiger partial charge in [-0.2, -0.15) is 0 Å². The molecule has 6 heterocycles. The molecule has 0 radical (unpaired) electrons. The lowest BCUT2D eigenvalue weighted by atomic mass is 9.90. The number of phenols is 1. The molecule has 4 aliphatic rings. The molecule has 2 unspecified atom stereocenters. The number of carbonyl (C=O) groups is 2. The zero-order chi connectivity index (χ0) is 51.3. The zero-order valence-electron chi connectivity index (χ0n) is 41.2. The Labute approximate surface area is 436 Å². The molecular formula is C62H49N6O8-. The second-order valence-corrected chi connectivity index (χ2v) is 19.5. The highest BCUT2D eigenvalue weighted by Gasteiger charge is 2.29. The smallest absolute Gasteiger partial charge is 0.187 e. The van der Waals surface area contributed by atoms with Crippen molar-refractivity contribution in [3.8, 4) is 68.8 Å². The number of hydrogen-bond acceptors (Lipinski definition) is 14. The maximum atomic E-state index is 12.4. The first-order valence-electron chi connectivity index (χ1n) is 25.7. The summed E-state index contributed by atoms with van der Waals surface area (Å²) in [4.78, 5) is 45.1. The number of nitrogens with zero attached hydrogens (tertiary/aromatic N) is 4. The molecule has 2 saturated heterocycles. The van der Waals surface area contributed by atoms with Crippen molar-refractivity contribution in [2.75, 3.05) is 26.2 Å². The topological polar surface area (TPSA) is 190 Å². The molecule has 0 spiro atoms. The number of hydrogen-bond donors (Lipinski definition) is 3. The molecule has 0 saturated carbocycles. The molecule has 2 aliphatic carbocycles. The van der Waals surface area contributed by atoms with E-state index in [0.717, 1.165) is 116 Å². The van der Waals surface area contributed by atoms with Crippen LogP contribution in [0, 0.1) is 0 Å². The van der Waals surface area contributed by atoms with Crippen molar-refractivity contribution in [3.05, 3.63) is 168 Å². The molecule has 3 N–H and O–H groups in total. The minimum atomic E-state index is -0.466. The Hall–Kier alpha value is -8.98. The van der Waals surface area contributed by atoms with E-state index in [1.807, 2.05) is 78.9 Å². The number of ketones is 2. The minimum Gasteiger partial charge on any atom is -0.870 e. The summed E-state index contributed by atoms with van der Waals surface area (Å²) in [5, 5.41) is 32.6. The van der Waals surface area contributed by atoms with Crippen molar-refractivity contribution >= 4 is 55.2 Å². The Morgan fingerprint density at radius 2 is 0.789 bits per heavy atom. The monoisotopic (exact) mass is 1010 g/mol. The maximum absolute atomic E-state index is 12.4. The molecule has 2 aliphatic heterocycles. The molecule has 14 nitrogen and oxygen atoms in total. The van der Waals surface area contributed by atoms with Crippen LogP contribution in [0.1, 0.15) is 35.1 Å². The molecule has 14 heteroatoms. The molecule has 0 amide bonds. The van der Waals surface area contributed by atoms with Crippen LogP contribution in [-0.2, 0) is 35.3 Å². The van der Waals surface area contributed by atoms with Gasteiger partial charge in [0.05, 0.1) is 35.9 Å². The number of fused-ring (bicyclic) bond motifs is 10. The molecule has 10 aromatic rings. The van der Waals surface area contributed by atoms with E-state index in [1.54, 1.807) is 36.4 Å². The molecule has 76 heavy (non-hydrogen) atoms. The molecule has 14 rings (SSSR count). The summed E-state index contributed by atoms with van der Waals surface area (Å²) < 4.78 is 24.5. The van der Waals surface area contributed by atoms with Crippen LogP contribution in [0.25, 0.3) is 66.4 Å². The van der Waals surface area contributed by atoms with Crippen molar-refractivity contribution in [1.82, 2.24) is 30.6 Å². The number of aromatic hydroxyl groups is 1. The van der Waals surface area contributed by atoms with Gasteiger partial charge in [-0.15, -0.1) is 0 Å². The quantitative estimate of drug-likeness (QED) is 0.130. The number of piperidine rings is 2. The van der Waals surface area contributed by atoms with Crippen molar-refractivity contribution in [2.45, 2.75) is 50.7 Å². The molecule has 4 aromatic heterocycles. The van der Waals surface area contributed by atoms with E-state index in [9.17, 15) is 19.8 Å². The van der Waals surface area contributed by atoms with E-state index in [-0.39, 0.29) is 28.8 Å². The van der Waals surface area contributed by atoms with Gasteiger partial charge in [0.15, 0.2) is 46.8 Å². The molecular weight excluding hydrogens is 957 g/mol. The number of phenolic OH excluding ortho intramolecular Hbond substituents is 1. The van der Waals surface area contributed by atoms with E-state index >= 15 is 0 Å². The first-order chi connectivity index (χ1) is 37.3. The van der Waals surface area contributed by atoms with Crippen LogP contribution in [0.3, 0.4) is 0 Å². The van der Waals surface area contributed by atoms with Gasteiger partial charge >= 0.3 is 0 Å². The normalized spacial score (nSPS) is 16.7. The standard InChI is InChI=1S/C32H22N2O4.C30H28N4O4/c35-23-9-1-3-11-25(23)37-27-13-5-7-19-17-21-15-16-22-18-20-8-6-14-28(38-26-12-4-2-10-24(26)36)30(20)34-32(22)31(21)33-29(19)27;35-21-15-31-11-9-23(21)37-25-5-1-3-17-13-19-7-8-20-14-18-4-2-6-26(38-24-10-12-32-16-22(24)36)28(18)34-30(20)29(19)33-27(17)25/h1-14,17-18,35-36H,15-16H2;1-6,13-14,23-24,31-32H,7-12,15-16H2/p-1. The minimum absolute atomic E-state index is 0.0597. The zero-order valence-corrected chi connectivity index (χ0v) is 41.2. The Kier molecular flexibility index (Phi) is 12.1. The van der Waals surface area contributed by atoms with Crippen LogP contribution in [0.4, 0.5) is 0 Å². The van der Waals surface area contributed by atoms with Crippen LogP contribution in [0.5, 0.6) is 46.0 Å².